The third kappa shape index (κ3) is 2.32. The van der Waals surface area contributed by atoms with E-state index in [9.17, 15) is 18.5 Å². The molecule has 0 unspecified atom stereocenters. The molecule has 0 spiro atoms. The van der Waals surface area contributed by atoms with Crippen LogP contribution < -0.4 is 4.31 Å². The summed E-state index contributed by atoms with van der Waals surface area (Å²) in [5.74, 6) is 0. The summed E-state index contributed by atoms with van der Waals surface area (Å²) in [6.07, 6.45) is 3.75. The Morgan fingerprint density at radius 2 is 1.89 bits per heavy atom. The van der Waals surface area contributed by atoms with Crippen molar-refractivity contribution in [1.82, 2.24) is 9.97 Å². The van der Waals surface area contributed by atoms with E-state index in [0.717, 1.165) is 10.6 Å². The first-order valence-corrected chi connectivity index (χ1v) is 6.99. The van der Waals surface area contributed by atoms with E-state index in [1.165, 1.54) is 31.6 Å². The maximum atomic E-state index is 11.6. The Balaban J connectivity index is 2.88. The molecule has 0 atom stereocenters. The number of hydrogen-bond donors (Lipinski definition) is 0. The van der Waals surface area contributed by atoms with Crippen LogP contribution in [-0.2, 0) is 10.0 Å². The van der Waals surface area contributed by atoms with Gasteiger partial charge in [-0.3, -0.25) is 24.4 Å². The van der Waals surface area contributed by atoms with Crippen molar-refractivity contribution < 1.29 is 13.3 Å². The Bertz CT molecular complexity index is 759. The lowest BCUT2D eigenvalue weighted by molar-refractivity contribution is -0.383. The predicted molar refractivity (Wildman–Crippen MR) is 69.4 cm³/mol. The second-order valence-electron chi connectivity index (χ2n) is 3.84. The van der Waals surface area contributed by atoms with Crippen molar-refractivity contribution in [3.8, 4) is 0 Å². The molecule has 1 aromatic heterocycles. The van der Waals surface area contributed by atoms with E-state index in [1.54, 1.807) is 0 Å². The zero-order valence-electron chi connectivity index (χ0n) is 10.1. The van der Waals surface area contributed by atoms with Crippen LogP contribution in [0.2, 0.25) is 0 Å². The van der Waals surface area contributed by atoms with Crippen molar-refractivity contribution in [3.05, 3.63) is 34.6 Å². The molecular weight excluding hydrogens is 272 g/mol. The van der Waals surface area contributed by atoms with Gasteiger partial charge in [-0.2, -0.15) is 0 Å². The Morgan fingerprint density at radius 3 is 2.47 bits per heavy atom. The molecule has 0 bridgehead atoms. The van der Waals surface area contributed by atoms with E-state index in [4.69, 9.17) is 0 Å². The van der Waals surface area contributed by atoms with E-state index >= 15 is 0 Å². The van der Waals surface area contributed by atoms with Crippen LogP contribution in [0.4, 0.5) is 11.4 Å². The van der Waals surface area contributed by atoms with Crippen molar-refractivity contribution in [2.24, 2.45) is 0 Å². The van der Waals surface area contributed by atoms with Crippen molar-refractivity contribution in [2.75, 3.05) is 17.6 Å². The number of aromatic nitrogens is 2. The Morgan fingerprint density at radius 1 is 1.26 bits per heavy atom. The molecule has 0 radical (unpaired) electrons. The lowest BCUT2D eigenvalue weighted by Crippen LogP contribution is -2.26. The van der Waals surface area contributed by atoms with E-state index in [0.29, 0.717) is 5.52 Å². The second-order valence-corrected chi connectivity index (χ2v) is 5.86. The first-order chi connectivity index (χ1) is 8.82. The van der Waals surface area contributed by atoms with E-state index in [2.05, 4.69) is 9.97 Å². The minimum Gasteiger partial charge on any atom is -0.265 e. The van der Waals surface area contributed by atoms with Gasteiger partial charge in [-0.1, -0.05) is 0 Å². The van der Waals surface area contributed by atoms with Gasteiger partial charge in [-0.05, 0) is 6.07 Å². The molecule has 2 rings (SSSR count). The summed E-state index contributed by atoms with van der Waals surface area (Å²) in [6.45, 7) is 0. The lowest BCUT2D eigenvalue weighted by atomic mass is 10.2. The number of rotatable bonds is 3. The molecule has 8 nitrogen and oxygen atoms in total. The predicted octanol–water partition coefficient (Wildman–Crippen LogP) is 0.934. The minimum atomic E-state index is -3.64. The van der Waals surface area contributed by atoms with Crippen LogP contribution in [-0.4, -0.2) is 36.6 Å². The molecule has 2 aromatic rings. The van der Waals surface area contributed by atoms with E-state index < -0.39 is 14.9 Å². The molecule has 0 aliphatic heterocycles. The van der Waals surface area contributed by atoms with Gasteiger partial charge < -0.3 is 0 Å². The summed E-state index contributed by atoms with van der Waals surface area (Å²) >= 11 is 0. The monoisotopic (exact) mass is 282 g/mol. The summed E-state index contributed by atoms with van der Waals surface area (Å²) in [7, 11) is -2.40. The first-order valence-electron chi connectivity index (χ1n) is 5.14. The fraction of sp³-hybridized carbons (Fsp3) is 0.200. The number of nitro groups is 1. The normalized spacial score (nSPS) is 11.5. The fourth-order valence-corrected chi connectivity index (χ4v) is 2.15. The van der Waals surface area contributed by atoms with Gasteiger partial charge in [0.2, 0.25) is 10.0 Å². The minimum absolute atomic E-state index is 0.0851. The summed E-state index contributed by atoms with van der Waals surface area (Å²) in [5, 5.41) is 11.0. The molecule has 0 aliphatic carbocycles. The molecule has 0 aliphatic rings. The molecular formula is C10H10N4O4S. The van der Waals surface area contributed by atoms with Crippen LogP contribution in [0.1, 0.15) is 0 Å². The molecule has 100 valence electrons. The van der Waals surface area contributed by atoms with E-state index in [1.807, 2.05) is 0 Å². The quantitative estimate of drug-likeness (QED) is 0.612. The standard InChI is InChI=1S/C10H10N4O4S/c1-13(19(2,17)18)10-8(14(15)16)4-3-7-9(10)12-6-5-11-7/h3-6H,1-2H3. The Labute approximate surface area is 108 Å². The highest BCUT2D eigenvalue weighted by molar-refractivity contribution is 7.92. The number of benzene rings is 1. The topological polar surface area (TPSA) is 106 Å². The van der Waals surface area contributed by atoms with Gasteiger partial charge in [-0.25, -0.2) is 8.42 Å². The SMILES string of the molecule is CN(c1c([N+](=O)[O-])ccc2nccnc12)S(C)(=O)=O. The van der Waals surface area contributed by atoms with Gasteiger partial charge in [-0.15, -0.1) is 0 Å². The zero-order chi connectivity index (χ0) is 14.2. The molecule has 9 heteroatoms. The van der Waals surface area contributed by atoms with Gasteiger partial charge >= 0.3 is 0 Å². The number of nitrogens with zero attached hydrogens (tertiary/aromatic N) is 4. The van der Waals surface area contributed by atoms with Crippen molar-refractivity contribution in [1.29, 1.82) is 0 Å². The first kappa shape index (κ1) is 13.1. The zero-order valence-corrected chi connectivity index (χ0v) is 11.0. The third-order valence-corrected chi connectivity index (χ3v) is 3.78. The maximum absolute atomic E-state index is 11.6. The molecule has 0 amide bonds. The van der Waals surface area contributed by atoms with Gasteiger partial charge in [0.25, 0.3) is 5.69 Å². The Kier molecular flexibility index (Phi) is 3.06. The van der Waals surface area contributed by atoms with Crippen molar-refractivity contribution >= 4 is 32.4 Å². The van der Waals surface area contributed by atoms with Gasteiger partial charge in [0.1, 0.15) is 5.52 Å². The number of nitro benzene ring substituents is 1. The van der Waals surface area contributed by atoms with E-state index in [-0.39, 0.29) is 16.9 Å². The average molecular weight is 282 g/mol. The largest absolute Gasteiger partial charge is 0.295 e. The molecule has 0 N–H and O–H groups in total. The third-order valence-electron chi connectivity index (χ3n) is 2.60. The molecule has 1 aromatic carbocycles. The average Bonchev–Trinajstić information content (AvgIpc) is 2.35. The number of fused-ring (bicyclic) bond motifs is 1. The van der Waals surface area contributed by atoms with Gasteiger partial charge in [0.15, 0.2) is 5.69 Å². The van der Waals surface area contributed by atoms with Crippen LogP contribution in [0, 0.1) is 10.1 Å². The smallest absolute Gasteiger partial charge is 0.265 e. The summed E-state index contributed by atoms with van der Waals surface area (Å²) in [4.78, 5) is 18.4. The Hall–Kier alpha value is -2.29. The highest BCUT2D eigenvalue weighted by Crippen LogP contribution is 2.34. The van der Waals surface area contributed by atoms with Gasteiger partial charge in [0.05, 0.1) is 16.7 Å². The maximum Gasteiger partial charge on any atom is 0.295 e. The fourth-order valence-electron chi connectivity index (χ4n) is 1.63. The highest BCUT2D eigenvalue weighted by atomic mass is 32.2. The summed E-state index contributed by atoms with van der Waals surface area (Å²) < 4.78 is 24.0. The van der Waals surface area contributed by atoms with Crippen LogP contribution in [0.25, 0.3) is 11.0 Å². The molecule has 1 heterocycles. The van der Waals surface area contributed by atoms with Crippen molar-refractivity contribution in [2.45, 2.75) is 0 Å². The summed E-state index contributed by atoms with van der Waals surface area (Å²) in [5.41, 5.74) is 0.141. The second kappa shape index (κ2) is 4.43. The molecule has 0 fully saturated rings. The van der Waals surface area contributed by atoms with Crippen molar-refractivity contribution in [3.63, 3.8) is 0 Å². The number of sulfonamides is 1. The van der Waals surface area contributed by atoms with Crippen LogP contribution in [0.5, 0.6) is 0 Å². The van der Waals surface area contributed by atoms with Crippen LogP contribution in [0.3, 0.4) is 0 Å². The molecule has 0 saturated carbocycles. The molecule has 0 saturated heterocycles. The summed E-state index contributed by atoms with van der Waals surface area (Å²) in [6, 6.07) is 2.65. The lowest BCUT2D eigenvalue weighted by Gasteiger charge is -2.17. The highest BCUT2D eigenvalue weighted by Gasteiger charge is 2.26. The van der Waals surface area contributed by atoms with Crippen LogP contribution in [0.15, 0.2) is 24.5 Å². The number of hydrogen-bond acceptors (Lipinski definition) is 6. The van der Waals surface area contributed by atoms with Crippen LogP contribution >= 0.6 is 0 Å². The molecule has 19 heavy (non-hydrogen) atoms. The van der Waals surface area contributed by atoms with Gasteiger partial charge in [0, 0.05) is 25.5 Å². The number of anilines is 1.